The quantitative estimate of drug-likeness (QED) is 0.374. The number of hydrogen-bond donors (Lipinski definition) is 1. The Morgan fingerprint density at radius 1 is 1.44 bits per heavy atom. The normalized spacial score (nSPS) is 9.78. The fourth-order valence-electron chi connectivity index (χ4n) is 0.116. The maximum absolute atomic E-state index is 6.77. The van der Waals surface area contributed by atoms with E-state index in [2.05, 4.69) is 4.74 Å². The summed E-state index contributed by atoms with van der Waals surface area (Å²) in [6.45, 7) is 0. The van der Waals surface area contributed by atoms with E-state index >= 15 is 0 Å². The van der Waals surface area contributed by atoms with Crippen LogP contribution < -0.4 is 0 Å². The summed E-state index contributed by atoms with van der Waals surface area (Å²) in [5, 5.41) is 6.77. The Morgan fingerprint density at radius 3 is 1.78 bits per heavy atom. The molecule has 1 N–H and O–H groups in total. The molecule has 0 radical (unpaired) electrons. The smallest absolute Gasteiger partial charge is 0.265 e. The summed E-state index contributed by atoms with van der Waals surface area (Å²) in [6, 6.07) is 0. The molecule has 0 rings (SSSR count). The molecule has 0 aliphatic carbocycles. The molecule has 0 fully saturated rings. The minimum absolute atomic E-state index is 0. The van der Waals surface area contributed by atoms with E-state index in [-0.39, 0.29) is 18.3 Å². The summed E-state index contributed by atoms with van der Waals surface area (Å²) in [5.74, 6) is -0.373. The summed E-state index contributed by atoms with van der Waals surface area (Å²) in [5.41, 5.74) is 0. The molecule has 0 spiro atoms. The minimum atomic E-state index is -1.71. The average molecular weight is 213 g/mol. The Bertz CT molecular complexity index is 98.5. The lowest BCUT2D eigenvalue weighted by molar-refractivity contribution is 0.391. The van der Waals surface area contributed by atoms with Crippen LogP contribution in [0.25, 0.3) is 0 Å². The largest absolute Gasteiger partial charge is 0.481 e. The van der Waals surface area contributed by atoms with Crippen LogP contribution in [-0.4, -0.2) is 16.8 Å². The number of methoxy groups -OCH3 is 1. The molecule has 0 unspecified atom stereocenters. The van der Waals surface area contributed by atoms with Crippen molar-refractivity contribution in [2.75, 3.05) is 7.11 Å². The zero-order valence-corrected chi connectivity index (χ0v) is 7.53. The first-order chi connectivity index (χ1) is 3.48. The lowest BCUT2D eigenvalue weighted by Crippen LogP contribution is -2.18. The van der Waals surface area contributed by atoms with E-state index in [1.54, 1.807) is 0 Å². The highest BCUT2D eigenvalue weighted by molar-refractivity contribution is 6.75. The predicted octanol–water partition coefficient (Wildman–Crippen LogP) is 2.40. The van der Waals surface area contributed by atoms with E-state index in [1.807, 2.05) is 0 Å². The van der Waals surface area contributed by atoms with Crippen molar-refractivity contribution in [3.05, 3.63) is 0 Å². The van der Waals surface area contributed by atoms with Crippen LogP contribution >= 0.6 is 47.2 Å². The number of nitrogens with one attached hydrogen (secondary N) is 1. The molecule has 0 amide bonds. The van der Waals surface area contributed by atoms with E-state index in [0.717, 1.165) is 0 Å². The van der Waals surface area contributed by atoms with Crippen LogP contribution in [0, 0.1) is 5.41 Å². The number of ether oxygens (including phenoxy) is 1. The maximum Gasteiger partial charge on any atom is 0.265 e. The van der Waals surface area contributed by atoms with Crippen LogP contribution in [0.2, 0.25) is 0 Å². The molecule has 6 heteroatoms. The molecule has 0 heterocycles. The van der Waals surface area contributed by atoms with Gasteiger partial charge >= 0.3 is 0 Å². The molecule has 56 valence electrons. The lowest BCUT2D eigenvalue weighted by Gasteiger charge is -2.08. The number of hydrogen-bond acceptors (Lipinski definition) is 2. The Kier molecular flexibility index (Phi) is 6.09. The third-order valence-electron chi connectivity index (χ3n) is 0.462. The van der Waals surface area contributed by atoms with E-state index in [1.165, 1.54) is 7.11 Å². The molecular weight excluding hydrogens is 208 g/mol. The van der Waals surface area contributed by atoms with Gasteiger partial charge in [0, 0.05) is 0 Å². The maximum atomic E-state index is 6.77. The van der Waals surface area contributed by atoms with E-state index < -0.39 is 3.79 Å². The Balaban J connectivity index is 0. The third-order valence-corrected chi connectivity index (χ3v) is 0.977. The second-order valence-corrected chi connectivity index (χ2v) is 3.31. The van der Waals surface area contributed by atoms with Gasteiger partial charge in [-0.3, -0.25) is 5.41 Å². The summed E-state index contributed by atoms with van der Waals surface area (Å²) < 4.78 is 2.59. The van der Waals surface area contributed by atoms with Crippen molar-refractivity contribution in [2.24, 2.45) is 0 Å². The minimum Gasteiger partial charge on any atom is -0.481 e. The molecule has 2 nitrogen and oxygen atoms in total. The van der Waals surface area contributed by atoms with Gasteiger partial charge in [0.25, 0.3) is 3.79 Å². The highest BCUT2D eigenvalue weighted by Gasteiger charge is 2.27. The van der Waals surface area contributed by atoms with Crippen molar-refractivity contribution < 1.29 is 4.74 Å². The van der Waals surface area contributed by atoms with Gasteiger partial charge in [-0.1, -0.05) is 34.8 Å². The van der Waals surface area contributed by atoms with Gasteiger partial charge in [0.1, 0.15) is 0 Å². The van der Waals surface area contributed by atoms with Crippen LogP contribution in [-0.2, 0) is 4.74 Å². The van der Waals surface area contributed by atoms with Gasteiger partial charge in [-0.2, -0.15) is 0 Å². The highest BCUT2D eigenvalue weighted by atomic mass is 35.6. The first-order valence-electron chi connectivity index (χ1n) is 1.68. The van der Waals surface area contributed by atoms with Crippen LogP contribution in [0.15, 0.2) is 0 Å². The number of halogens is 4. The van der Waals surface area contributed by atoms with E-state index in [9.17, 15) is 0 Å². The van der Waals surface area contributed by atoms with Gasteiger partial charge in [-0.25, -0.2) is 0 Å². The van der Waals surface area contributed by atoms with Crippen molar-refractivity contribution in [2.45, 2.75) is 3.79 Å². The molecule has 0 saturated heterocycles. The molecule has 0 aromatic rings. The number of rotatable bonds is 0. The first kappa shape index (κ1) is 12.3. The van der Waals surface area contributed by atoms with Gasteiger partial charge in [-0.15, -0.1) is 12.4 Å². The Morgan fingerprint density at radius 2 is 1.78 bits per heavy atom. The molecular formula is C3H5Cl4NO. The standard InChI is InChI=1S/C3H4Cl3NO.ClH/c1-8-2(7)3(4,5)6;/h7H,1H3;1H. The number of alkyl halides is 3. The van der Waals surface area contributed by atoms with Gasteiger partial charge in [0.05, 0.1) is 7.11 Å². The molecule has 0 aliphatic rings. The zero-order chi connectivity index (χ0) is 6.78. The van der Waals surface area contributed by atoms with Crippen molar-refractivity contribution in [1.82, 2.24) is 0 Å². The second kappa shape index (κ2) is 4.45. The van der Waals surface area contributed by atoms with Crippen molar-refractivity contribution in [3.8, 4) is 0 Å². The average Bonchev–Trinajstić information content (AvgIpc) is 1.62. The fourth-order valence-corrected chi connectivity index (χ4v) is 0.347. The Labute approximate surface area is 74.3 Å². The van der Waals surface area contributed by atoms with E-state index in [0.29, 0.717) is 0 Å². The van der Waals surface area contributed by atoms with Crippen molar-refractivity contribution >= 4 is 53.1 Å². The highest BCUT2D eigenvalue weighted by Crippen LogP contribution is 2.26. The van der Waals surface area contributed by atoms with Gasteiger partial charge < -0.3 is 4.74 Å². The van der Waals surface area contributed by atoms with Crippen LogP contribution in [0.1, 0.15) is 0 Å². The third kappa shape index (κ3) is 5.09. The molecule has 0 aliphatic heterocycles. The summed E-state index contributed by atoms with van der Waals surface area (Å²) in [6.07, 6.45) is 0. The molecule has 0 aromatic carbocycles. The topological polar surface area (TPSA) is 33.1 Å². The van der Waals surface area contributed by atoms with Crippen molar-refractivity contribution in [1.29, 1.82) is 5.41 Å². The second-order valence-electron chi connectivity index (χ2n) is 1.03. The molecule has 0 saturated carbocycles. The van der Waals surface area contributed by atoms with Crippen molar-refractivity contribution in [3.63, 3.8) is 0 Å². The lowest BCUT2D eigenvalue weighted by atomic mass is 10.8. The molecule has 0 aromatic heterocycles. The molecule has 0 bridgehead atoms. The summed E-state index contributed by atoms with van der Waals surface area (Å²) in [7, 11) is 1.27. The first-order valence-corrected chi connectivity index (χ1v) is 2.81. The Hall–Kier alpha value is 0.630. The van der Waals surface area contributed by atoms with Gasteiger partial charge in [0.15, 0.2) is 0 Å². The zero-order valence-electron chi connectivity index (χ0n) is 4.45. The van der Waals surface area contributed by atoms with Crippen LogP contribution in [0.5, 0.6) is 0 Å². The summed E-state index contributed by atoms with van der Waals surface area (Å²) >= 11 is 15.5. The molecule has 0 atom stereocenters. The van der Waals surface area contributed by atoms with E-state index in [4.69, 9.17) is 40.2 Å². The molecule has 9 heavy (non-hydrogen) atoms. The SMILES string of the molecule is COC(=N)C(Cl)(Cl)Cl.Cl. The fraction of sp³-hybridized carbons (Fsp3) is 0.667. The monoisotopic (exact) mass is 211 g/mol. The van der Waals surface area contributed by atoms with Crippen LogP contribution in [0.3, 0.4) is 0 Å². The van der Waals surface area contributed by atoms with Crippen LogP contribution in [0.4, 0.5) is 0 Å². The van der Waals surface area contributed by atoms with Gasteiger partial charge in [-0.05, 0) is 0 Å². The predicted molar refractivity (Wildman–Crippen MR) is 42.3 cm³/mol. The summed E-state index contributed by atoms with van der Waals surface area (Å²) in [4.78, 5) is 0. The van der Waals surface area contributed by atoms with Gasteiger partial charge in [0.2, 0.25) is 5.90 Å².